The second kappa shape index (κ2) is 6.62. The summed E-state index contributed by atoms with van der Waals surface area (Å²) < 4.78 is 0. The molecule has 2 amide bonds. The second-order valence-corrected chi connectivity index (χ2v) is 5.11. The molecule has 0 aromatic heterocycles. The Morgan fingerprint density at radius 3 is 2.35 bits per heavy atom. The quantitative estimate of drug-likeness (QED) is 0.766. The first-order valence-electron chi connectivity index (χ1n) is 6.66. The Labute approximate surface area is 103 Å². The summed E-state index contributed by atoms with van der Waals surface area (Å²) in [6.07, 6.45) is 6.16. The van der Waals surface area contributed by atoms with Gasteiger partial charge in [-0.3, -0.25) is 9.59 Å². The Morgan fingerprint density at radius 1 is 1.29 bits per heavy atom. The highest BCUT2D eigenvalue weighted by molar-refractivity contribution is 5.87. The van der Waals surface area contributed by atoms with Crippen molar-refractivity contribution in [2.45, 2.75) is 58.4 Å². The van der Waals surface area contributed by atoms with E-state index >= 15 is 0 Å². The molecule has 1 aliphatic rings. The first-order valence-corrected chi connectivity index (χ1v) is 6.66. The van der Waals surface area contributed by atoms with Gasteiger partial charge in [0.1, 0.15) is 6.04 Å². The zero-order valence-corrected chi connectivity index (χ0v) is 10.9. The van der Waals surface area contributed by atoms with Crippen LogP contribution in [0.15, 0.2) is 0 Å². The summed E-state index contributed by atoms with van der Waals surface area (Å²) >= 11 is 0. The van der Waals surface area contributed by atoms with Crippen LogP contribution in [0.5, 0.6) is 0 Å². The second-order valence-electron chi connectivity index (χ2n) is 5.11. The lowest BCUT2D eigenvalue weighted by atomic mass is 9.88. The number of nitrogens with two attached hydrogens (primary N) is 1. The number of hydrogen-bond acceptors (Lipinski definition) is 2. The highest BCUT2D eigenvalue weighted by Crippen LogP contribution is 2.24. The van der Waals surface area contributed by atoms with E-state index in [2.05, 4.69) is 5.32 Å². The van der Waals surface area contributed by atoms with Crippen molar-refractivity contribution in [1.82, 2.24) is 5.32 Å². The number of amides is 2. The van der Waals surface area contributed by atoms with Crippen LogP contribution < -0.4 is 11.1 Å². The highest BCUT2D eigenvalue weighted by Gasteiger charge is 2.28. The first kappa shape index (κ1) is 14.0. The van der Waals surface area contributed by atoms with Gasteiger partial charge in [-0.2, -0.15) is 0 Å². The standard InChI is InChI=1S/C13H24N2O2/c1-3-9(2)11(12(14)16)15-13(17)10-7-5-4-6-8-10/h9-11H,3-8H2,1-2H3,(H2,14,16)(H,15,17)/t9-,11+/m0/s1. The van der Waals surface area contributed by atoms with Crippen LogP contribution in [0.3, 0.4) is 0 Å². The van der Waals surface area contributed by atoms with Crippen molar-refractivity contribution in [3.05, 3.63) is 0 Å². The Morgan fingerprint density at radius 2 is 1.88 bits per heavy atom. The molecule has 98 valence electrons. The lowest BCUT2D eigenvalue weighted by Crippen LogP contribution is -2.50. The van der Waals surface area contributed by atoms with E-state index in [1.807, 2.05) is 13.8 Å². The zero-order chi connectivity index (χ0) is 12.8. The van der Waals surface area contributed by atoms with Crippen molar-refractivity contribution in [3.63, 3.8) is 0 Å². The van der Waals surface area contributed by atoms with Crippen LogP contribution in [0.2, 0.25) is 0 Å². The molecule has 4 nitrogen and oxygen atoms in total. The molecule has 1 aliphatic carbocycles. The number of rotatable bonds is 5. The first-order chi connectivity index (χ1) is 8.06. The number of primary amides is 1. The molecule has 4 heteroatoms. The SMILES string of the molecule is CC[C@H](C)[C@@H](NC(=O)C1CCCCC1)C(N)=O. The summed E-state index contributed by atoms with van der Waals surface area (Å²) in [7, 11) is 0. The third kappa shape index (κ3) is 4.02. The predicted molar refractivity (Wildman–Crippen MR) is 67.2 cm³/mol. The van der Waals surface area contributed by atoms with Gasteiger partial charge < -0.3 is 11.1 Å². The summed E-state index contributed by atoms with van der Waals surface area (Å²) in [5.41, 5.74) is 5.34. The summed E-state index contributed by atoms with van der Waals surface area (Å²) in [5, 5.41) is 2.82. The van der Waals surface area contributed by atoms with Gasteiger partial charge in [0.05, 0.1) is 0 Å². The zero-order valence-electron chi connectivity index (χ0n) is 10.9. The summed E-state index contributed by atoms with van der Waals surface area (Å²) in [6.45, 7) is 3.93. The Bertz CT molecular complexity index is 273. The van der Waals surface area contributed by atoms with E-state index < -0.39 is 11.9 Å². The van der Waals surface area contributed by atoms with E-state index in [4.69, 9.17) is 5.73 Å². The molecule has 0 spiro atoms. The lowest BCUT2D eigenvalue weighted by Gasteiger charge is -2.26. The molecule has 17 heavy (non-hydrogen) atoms. The third-order valence-electron chi connectivity index (χ3n) is 3.79. The molecule has 0 saturated heterocycles. The summed E-state index contributed by atoms with van der Waals surface area (Å²) in [4.78, 5) is 23.3. The molecule has 0 aliphatic heterocycles. The smallest absolute Gasteiger partial charge is 0.240 e. The molecule has 0 bridgehead atoms. The van der Waals surface area contributed by atoms with Crippen LogP contribution in [0.25, 0.3) is 0 Å². The van der Waals surface area contributed by atoms with Gasteiger partial charge in [-0.1, -0.05) is 39.5 Å². The van der Waals surface area contributed by atoms with Crippen molar-refractivity contribution in [1.29, 1.82) is 0 Å². The fourth-order valence-corrected chi connectivity index (χ4v) is 2.37. The van der Waals surface area contributed by atoms with Gasteiger partial charge >= 0.3 is 0 Å². The van der Waals surface area contributed by atoms with E-state index in [9.17, 15) is 9.59 Å². The van der Waals surface area contributed by atoms with Gasteiger partial charge in [0.15, 0.2) is 0 Å². The highest BCUT2D eigenvalue weighted by atomic mass is 16.2. The molecule has 0 aromatic rings. The molecular formula is C13H24N2O2. The van der Waals surface area contributed by atoms with Gasteiger partial charge in [-0.25, -0.2) is 0 Å². The minimum absolute atomic E-state index is 0.00815. The van der Waals surface area contributed by atoms with E-state index in [1.54, 1.807) is 0 Å². The molecule has 0 heterocycles. The van der Waals surface area contributed by atoms with Crippen LogP contribution >= 0.6 is 0 Å². The van der Waals surface area contributed by atoms with Crippen molar-refractivity contribution in [2.75, 3.05) is 0 Å². The Balaban J connectivity index is 2.53. The van der Waals surface area contributed by atoms with Crippen LogP contribution in [0.4, 0.5) is 0 Å². The van der Waals surface area contributed by atoms with E-state index in [0.29, 0.717) is 0 Å². The van der Waals surface area contributed by atoms with Crippen molar-refractivity contribution in [2.24, 2.45) is 17.6 Å². The summed E-state index contributed by atoms with van der Waals surface area (Å²) in [5.74, 6) is -0.244. The van der Waals surface area contributed by atoms with Gasteiger partial charge in [0.2, 0.25) is 11.8 Å². The maximum Gasteiger partial charge on any atom is 0.240 e. The third-order valence-corrected chi connectivity index (χ3v) is 3.79. The normalized spacial score (nSPS) is 20.6. The molecule has 0 unspecified atom stereocenters. The van der Waals surface area contributed by atoms with Gasteiger partial charge in [-0.05, 0) is 18.8 Å². The monoisotopic (exact) mass is 240 g/mol. The van der Waals surface area contributed by atoms with Crippen LogP contribution in [0, 0.1) is 11.8 Å². The van der Waals surface area contributed by atoms with E-state index in [1.165, 1.54) is 6.42 Å². The van der Waals surface area contributed by atoms with Crippen molar-refractivity contribution < 1.29 is 9.59 Å². The van der Waals surface area contributed by atoms with Gasteiger partial charge in [0, 0.05) is 5.92 Å². The molecule has 1 fully saturated rings. The number of carbonyl (C=O) groups excluding carboxylic acids is 2. The molecule has 1 saturated carbocycles. The predicted octanol–water partition coefficient (Wildman–Crippen LogP) is 1.58. The minimum atomic E-state index is -0.519. The van der Waals surface area contributed by atoms with Crippen molar-refractivity contribution >= 4 is 11.8 Å². The fraction of sp³-hybridized carbons (Fsp3) is 0.846. The van der Waals surface area contributed by atoms with E-state index in [-0.39, 0.29) is 17.7 Å². The maximum atomic E-state index is 12.0. The fourth-order valence-electron chi connectivity index (χ4n) is 2.37. The van der Waals surface area contributed by atoms with Crippen LogP contribution in [-0.2, 0) is 9.59 Å². The number of hydrogen-bond donors (Lipinski definition) is 2. The van der Waals surface area contributed by atoms with Gasteiger partial charge in [0.25, 0.3) is 0 Å². The minimum Gasteiger partial charge on any atom is -0.368 e. The number of carbonyl (C=O) groups is 2. The molecule has 0 radical (unpaired) electrons. The van der Waals surface area contributed by atoms with Crippen molar-refractivity contribution in [3.8, 4) is 0 Å². The molecule has 2 atom stereocenters. The number of nitrogens with one attached hydrogen (secondary N) is 1. The van der Waals surface area contributed by atoms with Gasteiger partial charge in [-0.15, -0.1) is 0 Å². The average Bonchev–Trinajstić information content (AvgIpc) is 2.35. The molecular weight excluding hydrogens is 216 g/mol. The maximum absolute atomic E-state index is 12.0. The lowest BCUT2D eigenvalue weighted by molar-refractivity contribution is -0.131. The van der Waals surface area contributed by atoms with E-state index in [0.717, 1.165) is 32.1 Å². The Kier molecular flexibility index (Phi) is 5.45. The topological polar surface area (TPSA) is 72.2 Å². The van der Waals surface area contributed by atoms with Crippen LogP contribution in [0.1, 0.15) is 52.4 Å². The summed E-state index contributed by atoms with van der Waals surface area (Å²) in [6, 6.07) is -0.519. The Hall–Kier alpha value is -1.06. The molecule has 3 N–H and O–H groups in total. The molecule has 0 aromatic carbocycles. The molecule has 1 rings (SSSR count). The average molecular weight is 240 g/mol. The largest absolute Gasteiger partial charge is 0.368 e. The van der Waals surface area contributed by atoms with Crippen LogP contribution in [-0.4, -0.2) is 17.9 Å².